The van der Waals surface area contributed by atoms with Crippen molar-refractivity contribution >= 4 is 16.0 Å². The van der Waals surface area contributed by atoms with Crippen molar-refractivity contribution in [1.82, 2.24) is 4.72 Å². The monoisotopic (exact) mass is 353 g/mol. The number of ether oxygens (including phenoxy) is 1. The first-order chi connectivity index (χ1) is 10.7. The zero-order chi connectivity index (χ0) is 17.2. The van der Waals surface area contributed by atoms with Crippen LogP contribution in [-0.2, 0) is 19.6 Å². The summed E-state index contributed by atoms with van der Waals surface area (Å²) in [6.07, 6.45) is 0.519. The zero-order valence-electron chi connectivity index (χ0n) is 11.8. The van der Waals surface area contributed by atoms with Gasteiger partial charge in [-0.15, -0.1) is 0 Å². The Kier molecular flexibility index (Phi) is 5.27. The predicted molar refractivity (Wildman–Crippen MR) is 71.6 cm³/mol. The lowest BCUT2D eigenvalue weighted by molar-refractivity contribution is -0.139. The molecule has 0 amide bonds. The number of carbonyl (C=O) groups is 1. The highest BCUT2D eigenvalue weighted by molar-refractivity contribution is 7.89. The molecule has 0 bridgehead atoms. The van der Waals surface area contributed by atoms with Crippen LogP contribution < -0.4 is 4.72 Å². The second-order valence-corrected chi connectivity index (χ2v) is 6.83. The minimum absolute atomic E-state index is 0.0557. The highest BCUT2D eigenvalue weighted by Crippen LogP contribution is 2.22. The first-order valence-corrected chi connectivity index (χ1v) is 8.17. The molecule has 2 unspecified atom stereocenters. The predicted octanol–water partition coefficient (Wildman–Crippen LogP) is 1.26. The molecule has 1 aliphatic heterocycles. The van der Waals surface area contributed by atoms with Crippen molar-refractivity contribution in [3.8, 4) is 0 Å². The van der Waals surface area contributed by atoms with Crippen LogP contribution in [0.5, 0.6) is 0 Å². The first kappa shape index (κ1) is 17.7. The number of benzene rings is 1. The van der Waals surface area contributed by atoms with Crippen LogP contribution in [0.25, 0.3) is 0 Å². The van der Waals surface area contributed by atoms with Crippen molar-refractivity contribution in [2.75, 3.05) is 13.2 Å². The average molecular weight is 353 g/mol. The zero-order valence-corrected chi connectivity index (χ0v) is 12.6. The summed E-state index contributed by atoms with van der Waals surface area (Å²) < 4.78 is 70.7. The maximum atomic E-state index is 13.6. The molecule has 0 spiro atoms. The average Bonchev–Trinajstić information content (AvgIpc) is 2.96. The van der Waals surface area contributed by atoms with Crippen LogP contribution in [0.15, 0.2) is 17.0 Å². The summed E-state index contributed by atoms with van der Waals surface area (Å²) >= 11 is 0. The van der Waals surface area contributed by atoms with Gasteiger partial charge in [-0.3, -0.25) is 4.79 Å². The quantitative estimate of drug-likeness (QED) is 0.751. The van der Waals surface area contributed by atoms with E-state index in [-0.39, 0.29) is 12.3 Å². The summed E-state index contributed by atoms with van der Waals surface area (Å²) in [5, 5.41) is 9.12. The fourth-order valence-corrected chi connectivity index (χ4v) is 3.54. The van der Waals surface area contributed by atoms with Crippen molar-refractivity contribution < 1.29 is 36.2 Å². The normalized spacial score (nSPS) is 19.7. The molecule has 0 saturated carbocycles. The standard InChI is InChI=1S/C13H14F3NO5S/c14-8-1-2-10(12(16)11(8)15)23(20,21)17-9(13(18)19)5-7-3-4-22-6-7/h1-2,7,9,17H,3-6H2,(H,18,19). The van der Waals surface area contributed by atoms with Gasteiger partial charge < -0.3 is 9.84 Å². The summed E-state index contributed by atoms with van der Waals surface area (Å²) in [7, 11) is -4.67. The van der Waals surface area contributed by atoms with Crippen molar-refractivity contribution in [3.05, 3.63) is 29.6 Å². The van der Waals surface area contributed by atoms with E-state index < -0.39 is 44.4 Å². The SMILES string of the molecule is O=C(O)C(CC1CCOC1)NS(=O)(=O)c1ccc(F)c(F)c1F. The Morgan fingerprint density at radius 3 is 2.61 bits per heavy atom. The maximum Gasteiger partial charge on any atom is 0.321 e. The van der Waals surface area contributed by atoms with Crippen LogP contribution in [0.2, 0.25) is 0 Å². The molecule has 1 heterocycles. The molecule has 10 heteroatoms. The van der Waals surface area contributed by atoms with E-state index in [1.165, 1.54) is 0 Å². The fraction of sp³-hybridized carbons (Fsp3) is 0.462. The molecule has 1 aromatic rings. The molecule has 23 heavy (non-hydrogen) atoms. The van der Waals surface area contributed by atoms with Crippen LogP contribution in [0, 0.1) is 23.4 Å². The minimum Gasteiger partial charge on any atom is -0.480 e. The van der Waals surface area contributed by atoms with Gasteiger partial charge in [0, 0.05) is 13.2 Å². The molecule has 0 radical (unpaired) electrons. The van der Waals surface area contributed by atoms with E-state index in [0.717, 1.165) is 0 Å². The third kappa shape index (κ3) is 4.01. The Balaban J connectivity index is 2.24. The maximum absolute atomic E-state index is 13.6. The van der Waals surface area contributed by atoms with Gasteiger partial charge in [-0.25, -0.2) is 21.6 Å². The number of hydrogen-bond acceptors (Lipinski definition) is 4. The number of hydrogen-bond donors (Lipinski definition) is 2. The number of nitrogens with one attached hydrogen (secondary N) is 1. The summed E-state index contributed by atoms with van der Waals surface area (Å²) in [6, 6.07) is -0.541. The Hall–Kier alpha value is -1.65. The molecule has 0 aliphatic carbocycles. The Labute approximate surface area is 130 Å². The van der Waals surface area contributed by atoms with Gasteiger partial charge in [0.1, 0.15) is 10.9 Å². The van der Waals surface area contributed by atoms with E-state index in [2.05, 4.69) is 0 Å². The van der Waals surface area contributed by atoms with Crippen LogP contribution in [0.3, 0.4) is 0 Å². The molecule has 128 valence electrons. The number of carboxylic acids is 1. The molecular formula is C13H14F3NO5S. The van der Waals surface area contributed by atoms with Crippen LogP contribution in [0.1, 0.15) is 12.8 Å². The number of halogens is 3. The molecular weight excluding hydrogens is 339 g/mol. The number of sulfonamides is 1. The van der Waals surface area contributed by atoms with Crippen LogP contribution >= 0.6 is 0 Å². The fourth-order valence-electron chi connectivity index (χ4n) is 2.27. The molecule has 6 nitrogen and oxygen atoms in total. The van der Waals surface area contributed by atoms with E-state index in [9.17, 15) is 26.4 Å². The molecule has 2 N–H and O–H groups in total. The van der Waals surface area contributed by atoms with E-state index in [1.807, 2.05) is 4.72 Å². The van der Waals surface area contributed by atoms with Gasteiger partial charge in [0.25, 0.3) is 0 Å². The molecule has 2 rings (SSSR count). The van der Waals surface area contributed by atoms with Crippen LogP contribution in [-0.4, -0.2) is 38.7 Å². The lowest BCUT2D eigenvalue weighted by atomic mass is 10.00. The molecule has 2 atom stereocenters. The van der Waals surface area contributed by atoms with Gasteiger partial charge in [-0.1, -0.05) is 0 Å². The lowest BCUT2D eigenvalue weighted by Gasteiger charge is -2.18. The second-order valence-electron chi connectivity index (χ2n) is 5.15. The Bertz CT molecular complexity index is 704. The molecule has 1 fully saturated rings. The summed E-state index contributed by atoms with van der Waals surface area (Å²) in [4.78, 5) is 10.1. The molecule has 1 aliphatic rings. The largest absolute Gasteiger partial charge is 0.480 e. The van der Waals surface area contributed by atoms with Gasteiger partial charge in [0.05, 0.1) is 0 Å². The van der Waals surface area contributed by atoms with Gasteiger partial charge in [0.15, 0.2) is 17.5 Å². The van der Waals surface area contributed by atoms with Gasteiger partial charge >= 0.3 is 5.97 Å². The van der Waals surface area contributed by atoms with Crippen LogP contribution in [0.4, 0.5) is 13.2 Å². The first-order valence-electron chi connectivity index (χ1n) is 6.68. The lowest BCUT2D eigenvalue weighted by Crippen LogP contribution is -2.42. The molecule has 1 saturated heterocycles. The molecule has 1 aromatic carbocycles. The summed E-state index contributed by atoms with van der Waals surface area (Å²) in [6.45, 7) is 0.743. The summed E-state index contributed by atoms with van der Waals surface area (Å²) in [5.41, 5.74) is 0. The number of aliphatic carboxylic acids is 1. The molecule has 0 aromatic heterocycles. The highest BCUT2D eigenvalue weighted by Gasteiger charge is 2.32. The van der Waals surface area contributed by atoms with Gasteiger partial charge in [-0.05, 0) is 30.9 Å². The smallest absolute Gasteiger partial charge is 0.321 e. The Morgan fingerprint density at radius 1 is 1.35 bits per heavy atom. The topological polar surface area (TPSA) is 92.7 Å². The Morgan fingerprint density at radius 2 is 2.04 bits per heavy atom. The number of rotatable bonds is 6. The van der Waals surface area contributed by atoms with E-state index in [4.69, 9.17) is 9.84 Å². The van der Waals surface area contributed by atoms with Crippen molar-refractivity contribution in [2.45, 2.75) is 23.8 Å². The summed E-state index contributed by atoms with van der Waals surface area (Å²) in [5.74, 6) is -6.99. The highest BCUT2D eigenvalue weighted by atomic mass is 32.2. The van der Waals surface area contributed by atoms with Crippen molar-refractivity contribution in [1.29, 1.82) is 0 Å². The van der Waals surface area contributed by atoms with Crippen molar-refractivity contribution in [2.24, 2.45) is 5.92 Å². The van der Waals surface area contributed by atoms with E-state index >= 15 is 0 Å². The second kappa shape index (κ2) is 6.85. The van der Waals surface area contributed by atoms with Gasteiger partial charge in [0.2, 0.25) is 10.0 Å². The number of carboxylic acid groups (broad SMARTS) is 1. The van der Waals surface area contributed by atoms with E-state index in [1.54, 1.807) is 0 Å². The minimum atomic E-state index is -4.67. The van der Waals surface area contributed by atoms with Gasteiger partial charge in [-0.2, -0.15) is 4.72 Å². The third-order valence-electron chi connectivity index (χ3n) is 3.48. The van der Waals surface area contributed by atoms with E-state index in [0.29, 0.717) is 31.8 Å². The van der Waals surface area contributed by atoms with Crippen molar-refractivity contribution in [3.63, 3.8) is 0 Å². The third-order valence-corrected chi connectivity index (χ3v) is 4.97.